The summed E-state index contributed by atoms with van der Waals surface area (Å²) < 4.78 is 0. The van der Waals surface area contributed by atoms with Gasteiger partial charge in [-0.3, -0.25) is 0 Å². The lowest BCUT2D eigenvalue weighted by atomic mass is 9.77. The Hall–Kier alpha value is -1.83. The molecule has 0 spiro atoms. The van der Waals surface area contributed by atoms with Crippen LogP contribution in [0.4, 0.5) is 0 Å². The summed E-state index contributed by atoms with van der Waals surface area (Å²) in [7, 11) is 0. The second-order valence-corrected chi connectivity index (χ2v) is 8.64. The van der Waals surface area contributed by atoms with Crippen molar-refractivity contribution in [1.29, 1.82) is 0 Å². The van der Waals surface area contributed by atoms with Crippen LogP contribution in [0.2, 0.25) is 0 Å². The van der Waals surface area contributed by atoms with Crippen molar-refractivity contribution in [3.05, 3.63) is 53.6 Å². The van der Waals surface area contributed by atoms with Crippen LogP contribution >= 0.6 is 0 Å². The Bertz CT molecular complexity index is 646. The van der Waals surface area contributed by atoms with E-state index in [4.69, 9.17) is 0 Å². The molecule has 0 aliphatic heterocycles. The summed E-state index contributed by atoms with van der Waals surface area (Å²) >= 11 is 0. The lowest BCUT2D eigenvalue weighted by Gasteiger charge is -2.29. The average molecular weight is 397 g/mol. The summed E-state index contributed by atoms with van der Waals surface area (Å²) in [6.45, 7) is 4.39. The molecule has 0 radical (unpaired) electrons. The fraction of sp³-hybridized carbons (Fsp3) is 0.593. The highest BCUT2D eigenvalue weighted by Crippen LogP contribution is 2.38. The van der Waals surface area contributed by atoms with Crippen molar-refractivity contribution in [3.8, 4) is 0 Å². The van der Waals surface area contributed by atoms with Gasteiger partial charge >= 0.3 is 5.97 Å². The summed E-state index contributed by atoms with van der Waals surface area (Å²) in [4.78, 5) is 11.6. The van der Waals surface area contributed by atoms with Crippen molar-refractivity contribution in [2.24, 2.45) is 5.92 Å². The normalized spacial score (nSPS) is 20.3. The zero-order chi connectivity index (χ0) is 20.9. The number of carboxylic acids is 1. The van der Waals surface area contributed by atoms with Crippen LogP contribution in [0.5, 0.6) is 0 Å². The molecule has 0 heterocycles. The predicted octanol–water partition coefficient (Wildman–Crippen LogP) is 8.15. The number of hydrogen-bond donors (Lipinski definition) is 1. The molecule has 1 aromatic rings. The number of allylic oxidation sites excluding steroid dienone is 3. The predicted molar refractivity (Wildman–Crippen MR) is 124 cm³/mol. The Kier molecular flexibility index (Phi) is 10.8. The standard InChI is InChI=1S/C27H40O2/c1-3-5-7-9-10-12-22-14-16-23(17-15-22)24-18-20-25(21-19-24)26(27(28)29)13-11-8-6-4-2/h8,11,13,18-23H,3-7,9-10,12,14-17H2,1-2H3,(H,28,29). The third-order valence-electron chi connectivity index (χ3n) is 6.34. The second kappa shape index (κ2) is 13.4. The molecule has 160 valence electrons. The molecule has 1 aromatic carbocycles. The molecule has 2 heteroatoms. The van der Waals surface area contributed by atoms with E-state index in [1.165, 1.54) is 69.8 Å². The van der Waals surface area contributed by atoms with E-state index >= 15 is 0 Å². The maximum atomic E-state index is 11.6. The minimum absolute atomic E-state index is 0.371. The molecule has 0 bridgehead atoms. The number of carbonyl (C=O) groups is 1. The molecule has 1 saturated carbocycles. The molecular formula is C27H40O2. The zero-order valence-electron chi connectivity index (χ0n) is 18.5. The number of aliphatic carboxylic acids is 1. The molecule has 29 heavy (non-hydrogen) atoms. The maximum Gasteiger partial charge on any atom is 0.336 e. The number of unbranched alkanes of at least 4 members (excludes halogenated alkanes) is 5. The second-order valence-electron chi connectivity index (χ2n) is 8.64. The summed E-state index contributed by atoms with van der Waals surface area (Å²) in [5.74, 6) is 0.698. The van der Waals surface area contributed by atoms with Gasteiger partial charge in [-0.05, 0) is 61.1 Å². The van der Waals surface area contributed by atoms with Gasteiger partial charge < -0.3 is 5.11 Å². The van der Waals surface area contributed by atoms with Gasteiger partial charge in [-0.25, -0.2) is 4.79 Å². The Morgan fingerprint density at radius 1 is 0.966 bits per heavy atom. The molecule has 1 fully saturated rings. The number of hydrogen-bond acceptors (Lipinski definition) is 1. The first kappa shape index (κ1) is 23.4. The Balaban J connectivity index is 1.86. The lowest BCUT2D eigenvalue weighted by molar-refractivity contribution is -0.130. The van der Waals surface area contributed by atoms with Crippen LogP contribution < -0.4 is 0 Å². The SMILES string of the molecule is CCCC=CC=C(C(=O)O)c1ccc(C2CCC(CCCCCCC)CC2)cc1. The fourth-order valence-corrected chi connectivity index (χ4v) is 4.47. The summed E-state index contributed by atoms with van der Waals surface area (Å²) in [6.07, 6.45) is 21.2. The molecule has 1 N–H and O–H groups in total. The van der Waals surface area contributed by atoms with E-state index < -0.39 is 5.97 Å². The van der Waals surface area contributed by atoms with Gasteiger partial charge in [0.15, 0.2) is 0 Å². The van der Waals surface area contributed by atoms with Gasteiger partial charge in [0.25, 0.3) is 0 Å². The highest BCUT2D eigenvalue weighted by Gasteiger charge is 2.22. The van der Waals surface area contributed by atoms with Crippen LogP contribution in [-0.4, -0.2) is 11.1 Å². The molecule has 0 atom stereocenters. The third-order valence-corrected chi connectivity index (χ3v) is 6.34. The highest BCUT2D eigenvalue weighted by molar-refractivity contribution is 6.15. The molecule has 2 rings (SSSR count). The van der Waals surface area contributed by atoms with Gasteiger partial charge in [0, 0.05) is 0 Å². The molecule has 0 saturated heterocycles. The highest BCUT2D eigenvalue weighted by atomic mass is 16.4. The van der Waals surface area contributed by atoms with Gasteiger partial charge in [0.2, 0.25) is 0 Å². The molecular weight excluding hydrogens is 356 g/mol. The average Bonchev–Trinajstić information content (AvgIpc) is 2.74. The van der Waals surface area contributed by atoms with Crippen LogP contribution in [0, 0.1) is 5.92 Å². The maximum absolute atomic E-state index is 11.6. The first-order chi connectivity index (χ1) is 14.2. The Morgan fingerprint density at radius 3 is 2.28 bits per heavy atom. The largest absolute Gasteiger partial charge is 0.478 e. The van der Waals surface area contributed by atoms with Crippen molar-refractivity contribution in [1.82, 2.24) is 0 Å². The van der Waals surface area contributed by atoms with Crippen molar-refractivity contribution >= 4 is 11.5 Å². The first-order valence-electron chi connectivity index (χ1n) is 11.9. The van der Waals surface area contributed by atoms with Crippen LogP contribution in [-0.2, 0) is 4.79 Å². The van der Waals surface area contributed by atoms with Gasteiger partial charge in [-0.1, -0.05) is 95.2 Å². The first-order valence-corrected chi connectivity index (χ1v) is 11.9. The monoisotopic (exact) mass is 396 g/mol. The zero-order valence-corrected chi connectivity index (χ0v) is 18.5. The molecule has 0 amide bonds. The van der Waals surface area contributed by atoms with Gasteiger partial charge in [0.1, 0.15) is 0 Å². The van der Waals surface area contributed by atoms with Gasteiger partial charge in [-0.15, -0.1) is 0 Å². The van der Waals surface area contributed by atoms with Crippen LogP contribution in [0.1, 0.15) is 108 Å². The lowest BCUT2D eigenvalue weighted by Crippen LogP contribution is -2.13. The van der Waals surface area contributed by atoms with Crippen molar-refractivity contribution < 1.29 is 9.90 Å². The molecule has 1 aliphatic rings. The van der Waals surface area contributed by atoms with Crippen molar-refractivity contribution in [3.63, 3.8) is 0 Å². The van der Waals surface area contributed by atoms with E-state index in [0.29, 0.717) is 11.5 Å². The van der Waals surface area contributed by atoms with Crippen LogP contribution in [0.25, 0.3) is 5.57 Å². The third kappa shape index (κ3) is 8.20. The van der Waals surface area contributed by atoms with Crippen molar-refractivity contribution in [2.45, 2.75) is 96.8 Å². The van der Waals surface area contributed by atoms with E-state index in [0.717, 1.165) is 24.3 Å². The summed E-state index contributed by atoms with van der Waals surface area (Å²) in [5.41, 5.74) is 2.54. The van der Waals surface area contributed by atoms with E-state index in [2.05, 4.69) is 26.0 Å². The number of rotatable bonds is 12. The van der Waals surface area contributed by atoms with Crippen LogP contribution in [0.3, 0.4) is 0 Å². The minimum Gasteiger partial charge on any atom is -0.478 e. The summed E-state index contributed by atoms with van der Waals surface area (Å²) in [5, 5.41) is 9.55. The quantitative estimate of drug-likeness (QED) is 0.220. The van der Waals surface area contributed by atoms with E-state index in [-0.39, 0.29) is 0 Å². The fourth-order valence-electron chi connectivity index (χ4n) is 4.47. The number of benzene rings is 1. The van der Waals surface area contributed by atoms with Gasteiger partial charge in [-0.2, -0.15) is 0 Å². The van der Waals surface area contributed by atoms with Crippen LogP contribution in [0.15, 0.2) is 42.5 Å². The smallest absolute Gasteiger partial charge is 0.336 e. The molecule has 0 unspecified atom stereocenters. The van der Waals surface area contributed by atoms with E-state index in [1.54, 1.807) is 6.08 Å². The van der Waals surface area contributed by atoms with Gasteiger partial charge in [0.05, 0.1) is 5.57 Å². The molecule has 2 nitrogen and oxygen atoms in total. The molecule has 0 aromatic heterocycles. The topological polar surface area (TPSA) is 37.3 Å². The Labute approximate surface area is 178 Å². The number of carboxylic acid groups (broad SMARTS) is 1. The summed E-state index contributed by atoms with van der Waals surface area (Å²) in [6, 6.07) is 8.28. The van der Waals surface area contributed by atoms with Crippen molar-refractivity contribution in [2.75, 3.05) is 0 Å². The van der Waals surface area contributed by atoms with E-state index in [1.807, 2.05) is 24.3 Å². The Morgan fingerprint density at radius 2 is 1.66 bits per heavy atom. The van der Waals surface area contributed by atoms with E-state index in [9.17, 15) is 9.90 Å². The minimum atomic E-state index is -0.863. The molecule has 1 aliphatic carbocycles.